The number of unbranched alkanes of at least 4 members (excludes halogenated alkanes) is 1. The van der Waals surface area contributed by atoms with Crippen LogP contribution in [0.5, 0.6) is 0 Å². The van der Waals surface area contributed by atoms with Gasteiger partial charge in [0.2, 0.25) is 0 Å². The third kappa shape index (κ3) is 18.2. The van der Waals surface area contributed by atoms with Gasteiger partial charge >= 0.3 is 0 Å². The molecular formula is C24H32O12S3. The molecule has 1 atom stereocenters. The van der Waals surface area contributed by atoms with Crippen LogP contribution in [-0.4, -0.2) is 73.5 Å². The number of hydrogen-bond donors (Lipinski definition) is 6. The van der Waals surface area contributed by atoms with E-state index in [-0.39, 0.29) is 27.9 Å². The van der Waals surface area contributed by atoms with Crippen LogP contribution in [0.15, 0.2) is 106 Å². The highest BCUT2D eigenvalue weighted by Gasteiger charge is 2.07. The van der Waals surface area contributed by atoms with Crippen LogP contribution in [0.1, 0.15) is 19.3 Å². The fourth-order valence-electron chi connectivity index (χ4n) is 2.36. The topological polar surface area (TPSA) is 224 Å². The maximum Gasteiger partial charge on any atom is 0.294 e. The largest absolute Gasteiger partial charge is 0.396 e. The van der Waals surface area contributed by atoms with Gasteiger partial charge in [-0.15, -0.1) is 0 Å². The third-order valence-corrected chi connectivity index (χ3v) is 6.88. The number of benzene rings is 3. The van der Waals surface area contributed by atoms with E-state index in [9.17, 15) is 25.3 Å². The lowest BCUT2D eigenvalue weighted by molar-refractivity contribution is 0.0848. The van der Waals surface area contributed by atoms with Crippen LogP contribution in [0.2, 0.25) is 0 Å². The molecule has 0 fully saturated rings. The van der Waals surface area contributed by atoms with E-state index in [1.807, 2.05) is 0 Å². The Bertz CT molecular complexity index is 1200. The van der Waals surface area contributed by atoms with Crippen molar-refractivity contribution in [2.75, 3.05) is 13.2 Å². The lowest BCUT2D eigenvalue weighted by Gasteiger charge is -2.03. The van der Waals surface area contributed by atoms with Crippen molar-refractivity contribution < 1.29 is 54.2 Å². The summed E-state index contributed by atoms with van der Waals surface area (Å²) in [6.07, 6.45) is 1.46. The molecule has 0 aliphatic heterocycles. The highest BCUT2D eigenvalue weighted by molar-refractivity contribution is 7.86. The van der Waals surface area contributed by atoms with E-state index in [1.165, 1.54) is 36.4 Å². The van der Waals surface area contributed by atoms with Gasteiger partial charge in [-0.1, -0.05) is 54.6 Å². The molecule has 6 N–H and O–H groups in total. The maximum atomic E-state index is 10.4. The summed E-state index contributed by atoms with van der Waals surface area (Å²) >= 11 is 0. The average molecular weight is 609 g/mol. The van der Waals surface area contributed by atoms with Crippen LogP contribution in [0, 0.1) is 0 Å². The first kappa shape index (κ1) is 36.3. The lowest BCUT2D eigenvalue weighted by atomic mass is 10.2. The molecule has 0 aliphatic rings. The molecule has 0 spiro atoms. The molecule has 3 rings (SSSR count). The zero-order chi connectivity index (χ0) is 30.0. The van der Waals surface area contributed by atoms with Crippen molar-refractivity contribution in [2.45, 2.75) is 40.1 Å². The number of rotatable bonds is 8. The predicted molar refractivity (Wildman–Crippen MR) is 143 cm³/mol. The zero-order valence-corrected chi connectivity index (χ0v) is 23.1. The van der Waals surface area contributed by atoms with Crippen molar-refractivity contribution in [1.29, 1.82) is 0 Å². The van der Waals surface area contributed by atoms with Crippen LogP contribution < -0.4 is 0 Å². The van der Waals surface area contributed by atoms with Gasteiger partial charge in [-0.3, -0.25) is 13.7 Å². The summed E-state index contributed by atoms with van der Waals surface area (Å²) in [4.78, 5) is -0.222. The van der Waals surface area contributed by atoms with Crippen molar-refractivity contribution >= 4 is 30.4 Å². The smallest absolute Gasteiger partial charge is 0.294 e. The summed E-state index contributed by atoms with van der Waals surface area (Å²) in [5, 5.41) is 25.4. The number of hydrogen-bond acceptors (Lipinski definition) is 9. The van der Waals surface area contributed by atoms with E-state index in [1.54, 1.807) is 54.6 Å². The molecule has 0 aliphatic carbocycles. The molecule has 39 heavy (non-hydrogen) atoms. The Kier molecular flexibility index (Phi) is 17.2. The summed E-state index contributed by atoms with van der Waals surface area (Å²) < 4.78 is 87.7. The Morgan fingerprint density at radius 1 is 0.513 bits per heavy atom. The fourth-order valence-corrected chi connectivity index (χ4v) is 3.86. The van der Waals surface area contributed by atoms with Gasteiger partial charge in [0.15, 0.2) is 0 Å². The Hall–Kier alpha value is -2.73. The van der Waals surface area contributed by atoms with Crippen LogP contribution in [-0.2, 0) is 30.4 Å². The van der Waals surface area contributed by atoms with Gasteiger partial charge in [0.05, 0.1) is 27.4 Å². The molecule has 3 aromatic carbocycles. The number of aliphatic hydroxyl groups is 3. The summed E-state index contributed by atoms with van der Waals surface area (Å²) in [5.41, 5.74) is 0. The van der Waals surface area contributed by atoms with Crippen molar-refractivity contribution in [3.8, 4) is 0 Å². The summed E-state index contributed by atoms with van der Waals surface area (Å²) in [7, 11) is -12.0. The minimum absolute atomic E-state index is 0.0741. The fraction of sp³-hybridized carbons (Fsp3) is 0.250. The lowest BCUT2D eigenvalue weighted by Crippen LogP contribution is -2.11. The normalized spacial score (nSPS) is 11.8. The SMILES string of the molecule is O=S(=O)(O)c1ccccc1.O=S(=O)(O)c1ccccc1.O=S(=O)(O)c1ccccc1.OCCCCC(O)CO. The Labute approximate surface area is 228 Å². The van der Waals surface area contributed by atoms with E-state index in [2.05, 4.69) is 0 Å². The predicted octanol–water partition coefficient (Wildman–Crippen LogP) is 2.30. The Morgan fingerprint density at radius 2 is 0.795 bits per heavy atom. The van der Waals surface area contributed by atoms with E-state index in [0.29, 0.717) is 12.8 Å². The van der Waals surface area contributed by atoms with Gasteiger partial charge in [-0.25, -0.2) is 0 Å². The number of aliphatic hydroxyl groups excluding tert-OH is 3. The van der Waals surface area contributed by atoms with Crippen LogP contribution in [0.25, 0.3) is 0 Å². The molecule has 0 bridgehead atoms. The van der Waals surface area contributed by atoms with Crippen LogP contribution in [0.4, 0.5) is 0 Å². The molecule has 1 unspecified atom stereocenters. The maximum absolute atomic E-state index is 10.4. The summed E-state index contributed by atoms with van der Waals surface area (Å²) in [5.74, 6) is 0. The minimum Gasteiger partial charge on any atom is -0.396 e. The van der Waals surface area contributed by atoms with E-state index in [4.69, 9.17) is 29.0 Å². The quantitative estimate of drug-likeness (QED) is 0.160. The minimum atomic E-state index is -4.00. The van der Waals surface area contributed by atoms with Crippen LogP contribution in [0.3, 0.4) is 0 Å². The Balaban J connectivity index is 0.000000494. The van der Waals surface area contributed by atoms with Gasteiger partial charge in [0.1, 0.15) is 0 Å². The molecule has 0 aromatic heterocycles. The van der Waals surface area contributed by atoms with E-state index in [0.717, 1.165) is 6.42 Å². The Morgan fingerprint density at radius 3 is 0.974 bits per heavy atom. The highest BCUT2D eigenvalue weighted by atomic mass is 32.2. The first-order valence-electron chi connectivity index (χ1n) is 11.1. The summed E-state index contributed by atoms with van der Waals surface area (Å²) in [6.45, 7) is -0.0103. The zero-order valence-electron chi connectivity index (χ0n) is 20.6. The molecular weight excluding hydrogens is 576 g/mol. The highest BCUT2D eigenvalue weighted by Crippen LogP contribution is 2.06. The molecule has 0 heterocycles. The first-order chi connectivity index (χ1) is 18.1. The van der Waals surface area contributed by atoms with Gasteiger partial charge in [0.25, 0.3) is 30.4 Å². The third-order valence-electron chi connectivity index (χ3n) is 4.28. The second kappa shape index (κ2) is 18.5. The van der Waals surface area contributed by atoms with E-state index < -0.39 is 36.5 Å². The monoisotopic (exact) mass is 608 g/mol. The average Bonchev–Trinajstić information content (AvgIpc) is 2.90. The van der Waals surface area contributed by atoms with Crippen molar-refractivity contribution in [2.24, 2.45) is 0 Å². The summed E-state index contributed by atoms with van der Waals surface area (Å²) in [6, 6.07) is 22.3. The molecule has 218 valence electrons. The molecule has 0 saturated heterocycles. The molecule has 15 heteroatoms. The molecule has 12 nitrogen and oxygen atoms in total. The second-order valence-corrected chi connectivity index (χ2v) is 11.7. The van der Waals surface area contributed by atoms with Crippen molar-refractivity contribution in [3.63, 3.8) is 0 Å². The van der Waals surface area contributed by atoms with Gasteiger partial charge in [0, 0.05) is 6.61 Å². The first-order valence-corrected chi connectivity index (χ1v) is 15.4. The van der Waals surface area contributed by atoms with E-state index >= 15 is 0 Å². The van der Waals surface area contributed by atoms with Gasteiger partial charge in [-0.2, -0.15) is 25.3 Å². The molecule has 0 amide bonds. The standard InChI is InChI=1S/3C6H6O3S.C6H14O3/c3*7-10(8,9)6-4-2-1-3-5-6;7-4-2-1-3-6(9)5-8/h3*1-5H,(H,7,8,9);6-9H,1-5H2. The van der Waals surface area contributed by atoms with Gasteiger partial charge < -0.3 is 15.3 Å². The molecule has 3 aromatic rings. The van der Waals surface area contributed by atoms with Crippen molar-refractivity contribution in [3.05, 3.63) is 91.0 Å². The van der Waals surface area contributed by atoms with Gasteiger partial charge in [-0.05, 0) is 55.7 Å². The molecule has 0 radical (unpaired) electrons. The van der Waals surface area contributed by atoms with Crippen LogP contribution >= 0.6 is 0 Å². The molecule has 0 saturated carbocycles. The van der Waals surface area contributed by atoms with Crippen molar-refractivity contribution in [1.82, 2.24) is 0 Å². The second-order valence-electron chi connectivity index (χ2n) is 7.42.